The van der Waals surface area contributed by atoms with E-state index < -0.39 is 53.2 Å². The van der Waals surface area contributed by atoms with Gasteiger partial charge in [-0.1, -0.05) is 41.5 Å². The van der Waals surface area contributed by atoms with Crippen LogP contribution in [0, 0.1) is 0 Å². The van der Waals surface area contributed by atoms with Crippen molar-refractivity contribution in [1.29, 1.82) is 0 Å². The lowest BCUT2D eigenvalue weighted by Crippen LogP contribution is -2.53. The second-order valence-corrected chi connectivity index (χ2v) is 14.4. The number of alkyl carbamates (subject to hydrolysis) is 1. The minimum absolute atomic E-state index is 0.00497. The minimum Gasteiger partial charge on any atom is -0.504 e. The number of nitrogens with one attached hydrogen (secondary N) is 2. The third kappa shape index (κ3) is 12.3. The third-order valence-electron chi connectivity index (χ3n) is 9.04. The first-order valence-electron chi connectivity index (χ1n) is 18.7. The third-order valence-corrected chi connectivity index (χ3v) is 9.04. The number of esters is 1. The number of benzene rings is 4. The Morgan fingerprint density at radius 2 is 1.43 bits per heavy atom. The smallest absolute Gasteiger partial charge is 0.408 e. The van der Waals surface area contributed by atoms with Crippen LogP contribution in [0.25, 0.3) is 21.6 Å². The summed E-state index contributed by atoms with van der Waals surface area (Å²) >= 11 is 0. The number of methoxy groups -OCH3 is 5. The summed E-state index contributed by atoms with van der Waals surface area (Å²) < 4.78 is 38.8. The number of rotatable bonds is 19. The maximum atomic E-state index is 14.0. The molecule has 0 radical (unpaired) electrons. The maximum absolute atomic E-state index is 14.0. The Bertz CT molecular complexity index is 2150. The predicted molar refractivity (Wildman–Crippen MR) is 220 cm³/mol. The molecule has 60 heavy (non-hydrogen) atoms. The van der Waals surface area contributed by atoms with Crippen molar-refractivity contribution in [2.24, 2.45) is 5.11 Å². The van der Waals surface area contributed by atoms with Crippen molar-refractivity contribution >= 4 is 18.0 Å². The Kier molecular flexibility index (Phi) is 16.2. The molecule has 2 amide bonds. The van der Waals surface area contributed by atoms with Gasteiger partial charge in [0.05, 0.1) is 54.8 Å². The van der Waals surface area contributed by atoms with Crippen LogP contribution in [0.2, 0.25) is 0 Å². The number of carbonyl (C=O) groups excluding carboxylic acids is 3. The number of aromatic hydroxyl groups is 2. The molecule has 4 aromatic carbocycles. The van der Waals surface area contributed by atoms with Crippen molar-refractivity contribution in [3.8, 4) is 45.6 Å². The number of carbonyl (C=O) groups is 3. The summed E-state index contributed by atoms with van der Waals surface area (Å²) in [5.74, 6) is -1.38. The summed E-state index contributed by atoms with van der Waals surface area (Å²) in [7, 11) is 6.90. The molecule has 0 unspecified atom stereocenters. The van der Waals surface area contributed by atoms with Gasteiger partial charge in [-0.15, -0.1) is 0 Å². The van der Waals surface area contributed by atoms with Crippen LogP contribution in [-0.4, -0.2) is 88.0 Å². The molecule has 0 aliphatic carbocycles. The Balaban J connectivity index is 1.73. The molecule has 0 heterocycles. The summed E-state index contributed by atoms with van der Waals surface area (Å²) in [5.41, 5.74) is 11.9. The fourth-order valence-electron chi connectivity index (χ4n) is 6.35. The topological polar surface area (TPSA) is 229 Å². The molecule has 4 aromatic rings. The number of nitrogens with zero attached hydrogens (tertiary/aromatic N) is 3. The van der Waals surface area contributed by atoms with Crippen LogP contribution in [0.1, 0.15) is 49.1 Å². The zero-order chi connectivity index (χ0) is 44.0. The molecule has 3 atom stereocenters. The molecule has 4 N–H and O–H groups in total. The summed E-state index contributed by atoms with van der Waals surface area (Å²) in [4.78, 5) is 43.4. The highest BCUT2D eigenvalue weighted by atomic mass is 16.6. The highest BCUT2D eigenvalue weighted by Crippen LogP contribution is 2.45. The Morgan fingerprint density at radius 3 is 2.02 bits per heavy atom. The zero-order valence-electron chi connectivity index (χ0n) is 34.8. The molecule has 0 fully saturated rings. The van der Waals surface area contributed by atoms with Gasteiger partial charge in [0.15, 0.2) is 11.5 Å². The van der Waals surface area contributed by atoms with Gasteiger partial charge in [0.2, 0.25) is 11.7 Å². The lowest BCUT2D eigenvalue weighted by molar-refractivity contribution is -0.145. The van der Waals surface area contributed by atoms with E-state index in [1.807, 2.05) is 30.3 Å². The Morgan fingerprint density at radius 1 is 0.767 bits per heavy atom. The van der Waals surface area contributed by atoms with Gasteiger partial charge < -0.3 is 54.0 Å². The number of phenols is 2. The van der Waals surface area contributed by atoms with Crippen LogP contribution in [0.5, 0.6) is 34.5 Å². The predicted octanol–water partition coefficient (Wildman–Crippen LogP) is 6.70. The second kappa shape index (κ2) is 21.2. The van der Waals surface area contributed by atoms with Gasteiger partial charge in [-0.05, 0) is 78.9 Å². The van der Waals surface area contributed by atoms with Crippen LogP contribution >= 0.6 is 0 Å². The highest BCUT2D eigenvalue weighted by Gasteiger charge is 2.31. The number of azide groups is 1. The number of phenolic OH excluding ortho intramolecular Hbond substituents is 2. The number of hydrogen-bond donors (Lipinski definition) is 4. The first-order valence-corrected chi connectivity index (χ1v) is 18.7. The average Bonchev–Trinajstić information content (AvgIpc) is 3.21. The van der Waals surface area contributed by atoms with Crippen LogP contribution in [0.3, 0.4) is 0 Å². The summed E-state index contributed by atoms with van der Waals surface area (Å²) in [6.07, 6.45) is -1.27. The normalized spacial score (nSPS) is 12.5. The molecule has 0 saturated carbocycles. The van der Waals surface area contributed by atoms with E-state index in [1.165, 1.54) is 47.7 Å². The molecule has 0 bridgehead atoms. The van der Waals surface area contributed by atoms with Crippen molar-refractivity contribution in [3.63, 3.8) is 0 Å². The van der Waals surface area contributed by atoms with Gasteiger partial charge in [0.25, 0.3) is 0 Å². The van der Waals surface area contributed by atoms with Crippen molar-refractivity contribution in [1.82, 2.24) is 10.6 Å². The van der Waals surface area contributed by atoms with Gasteiger partial charge in [-0.3, -0.25) is 4.79 Å². The molecule has 0 spiro atoms. The molecule has 320 valence electrons. The molecule has 0 saturated heterocycles. The molecular formula is C43H51N5O12. The molecule has 0 aromatic heterocycles. The first-order chi connectivity index (χ1) is 28.6. The standard InChI is InChI=1S/C43H51N5O12/c1-43(2,3)60-42(53)46-31(18-27-19-34(49)39(57-7)35(50)20-27)40(51)45-32(41(52)58-8)17-26-14-15-36(55-5)30(16-26)38-29(21-28(54-4)22-37(38)56-6)33(47-48-44)24-59-23-25-12-10-9-11-13-25/h9-16,19-22,31-33,49-50H,17-18,23-24H2,1-8H3,(H,45,51)(H,46,53)/t31-,32-,33-/m1/s1. The van der Waals surface area contributed by atoms with E-state index in [-0.39, 0.29) is 37.4 Å². The second-order valence-electron chi connectivity index (χ2n) is 14.4. The largest absolute Gasteiger partial charge is 0.504 e. The van der Waals surface area contributed by atoms with E-state index in [0.29, 0.717) is 39.5 Å². The summed E-state index contributed by atoms with van der Waals surface area (Å²) in [6.45, 7) is 5.21. The van der Waals surface area contributed by atoms with Gasteiger partial charge in [-0.2, -0.15) is 0 Å². The van der Waals surface area contributed by atoms with Crippen molar-refractivity contribution in [3.05, 3.63) is 105 Å². The fourth-order valence-corrected chi connectivity index (χ4v) is 6.35. The van der Waals surface area contributed by atoms with Gasteiger partial charge in [-0.25, -0.2) is 9.59 Å². The average molecular weight is 830 g/mol. The fraction of sp³-hybridized carbons (Fsp3) is 0.372. The molecular weight excluding hydrogens is 778 g/mol. The monoisotopic (exact) mass is 829 g/mol. The first kappa shape index (κ1) is 45.9. The maximum Gasteiger partial charge on any atom is 0.408 e. The Labute approximate surface area is 348 Å². The number of amides is 2. The minimum atomic E-state index is -1.36. The van der Waals surface area contributed by atoms with Crippen LogP contribution in [0.15, 0.2) is 77.9 Å². The lowest BCUT2D eigenvalue weighted by atomic mass is 9.91. The van der Waals surface area contributed by atoms with E-state index in [1.54, 1.807) is 51.1 Å². The zero-order valence-corrected chi connectivity index (χ0v) is 34.8. The SMILES string of the molecule is COC(=O)[C@@H](Cc1ccc(OC)c(-c2c(OC)cc(OC)cc2[C@@H](COCc2ccccc2)N=[N+]=[N-])c1)NC(=O)[C@@H](Cc1cc(O)c(OC)c(O)c1)NC(=O)OC(C)(C)C. The quantitative estimate of drug-likeness (QED) is 0.0335. The van der Waals surface area contributed by atoms with E-state index >= 15 is 0 Å². The molecule has 17 nitrogen and oxygen atoms in total. The van der Waals surface area contributed by atoms with Crippen LogP contribution < -0.4 is 29.6 Å². The molecule has 0 aliphatic heterocycles. The van der Waals surface area contributed by atoms with Gasteiger partial charge in [0, 0.05) is 34.9 Å². The van der Waals surface area contributed by atoms with Gasteiger partial charge >= 0.3 is 12.1 Å². The van der Waals surface area contributed by atoms with Crippen molar-refractivity contribution in [2.45, 2.75) is 63.9 Å². The number of ether oxygens (including phenoxy) is 7. The Hall–Kier alpha value is -6.84. The summed E-state index contributed by atoms with van der Waals surface area (Å²) in [5, 5.41) is 30.1. The molecule has 17 heteroatoms. The molecule has 4 rings (SSSR count). The van der Waals surface area contributed by atoms with E-state index in [2.05, 4.69) is 20.7 Å². The van der Waals surface area contributed by atoms with E-state index in [9.17, 15) is 30.1 Å². The molecule has 0 aliphatic rings. The van der Waals surface area contributed by atoms with Crippen molar-refractivity contribution in [2.75, 3.05) is 42.2 Å². The lowest BCUT2D eigenvalue weighted by Gasteiger charge is -2.25. The van der Waals surface area contributed by atoms with E-state index in [4.69, 9.17) is 33.2 Å². The van der Waals surface area contributed by atoms with Gasteiger partial charge in [0.1, 0.15) is 34.9 Å². The highest BCUT2D eigenvalue weighted by molar-refractivity contribution is 5.90. The van der Waals surface area contributed by atoms with Crippen LogP contribution in [0.4, 0.5) is 4.79 Å². The summed E-state index contributed by atoms with van der Waals surface area (Å²) in [6, 6.07) is 17.1. The number of hydrogen-bond acceptors (Lipinski definition) is 13. The van der Waals surface area contributed by atoms with E-state index in [0.717, 1.165) is 5.56 Å². The van der Waals surface area contributed by atoms with Crippen molar-refractivity contribution < 1.29 is 57.8 Å². The van der Waals surface area contributed by atoms with Crippen LogP contribution in [-0.2, 0) is 43.2 Å².